The minimum atomic E-state index is -0.756. The Morgan fingerprint density at radius 2 is 1.39 bits per heavy atom. The van der Waals surface area contributed by atoms with Crippen LogP contribution in [-0.2, 0) is 9.47 Å². The third kappa shape index (κ3) is 3.51. The summed E-state index contributed by atoms with van der Waals surface area (Å²) in [5.74, 6) is -1.51. The molecular weight excluding hydrogens is 236 g/mol. The van der Waals surface area contributed by atoms with Gasteiger partial charge in [-0.05, 0) is 0 Å². The number of carbonyl (C=O) groups is 2. The van der Waals surface area contributed by atoms with Gasteiger partial charge in [0.05, 0.1) is 0 Å². The van der Waals surface area contributed by atoms with E-state index in [1.807, 2.05) is 0 Å². The van der Waals surface area contributed by atoms with E-state index in [-0.39, 0.29) is 24.6 Å². The first-order valence-electron chi connectivity index (χ1n) is 5.07. The Balaban J connectivity index is 2.91. The lowest BCUT2D eigenvalue weighted by molar-refractivity contribution is 0.0492. The number of carbonyl (C=O) groups excluding carboxylic acids is 2. The molecule has 0 N–H and O–H groups in total. The van der Waals surface area contributed by atoms with E-state index in [1.165, 1.54) is 24.5 Å². The fraction of sp³-hybridized carbons (Fsp3) is 0.167. The molecule has 0 fully saturated rings. The normalized spacial score (nSPS) is 9.33. The maximum atomic E-state index is 11.6. The molecule has 1 rings (SSSR count). The van der Waals surface area contributed by atoms with Gasteiger partial charge in [-0.1, -0.05) is 25.3 Å². The number of aromatic nitrogens is 2. The standard InChI is InChI=1S/C12H12N2O4/c1-3-7-17-11(15)9-10(14-6-5-13-9)12(16)18-8-4-2/h3-6H,1-2,7-8H2. The average Bonchev–Trinajstić information content (AvgIpc) is 2.42. The van der Waals surface area contributed by atoms with Crippen molar-refractivity contribution in [3.8, 4) is 0 Å². The second kappa shape index (κ2) is 6.95. The quantitative estimate of drug-likeness (QED) is 0.555. The summed E-state index contributed by atoms with van der Waals surface area (Å²) < 4.78 is 9.57. The van der Waals surface area contributed by atoms with Crippen LogP contribution >= 0.6 is 0 Å². The summed E-state index contributed by atoms with van der Waals surface area (Å²) in [6.45, 7) is 6.87. The molecule has 0 saturated heterocycles. The first-order valence-corrected chi connectivity index (χ1v) is 5.07. The Morgan fingerprint density at radius 3 is 1.72 bits per heavy atom. The molecule has 0 aliphatic carbocycles. The van der Waals surface area contributed by atoms with Crippen LogP contribution in [0.3, 0.4) is 0 Å². The average molecular weight is 248 g/mol. The Bertz CT molecular complexity index is 428. The van der Waals surface area contributed by atoms with E-state index >= 15 is 0 Å². The molecule has 1 aromatic rings. The van der Waals surface area contributed by atoms with Crippen molar-refractivity contribution in [1.29, 1.82) is 0 Å². The predicted molar refractivity (Wildman–Crippen MR) is 63.0 cm³/mol. The van der Waals surface area contributed by atoms with Crippen LogP contribution in [-0.4, -0.2) is 35.1 Å². The zero-order valence-electron chi connectivity index (χ0n) is 9.67. The van der Waals surface area contributed by atoms with Crippen molar-refractivity contribution in [1.82, 2.24) is 9.97 Å². The Kier molecular flexibility index (Phi) is 5.24. The van der Waals surface area contributed by atoms with Crippen molar-refractivity contribution < 1.29 is 19.1 Å². The Morgan fingerprint density at radius 1 is 1.00 bits per heavy atom. The molecule has 6 nitrogen and oxygen atoms in total. The molecule has 18 heavy (non-hydrogen) atoms. The summed E-state index contributed by atoms with van der Waals surface area (Å²) in [5.41, 5.74) is -0.373. The van der Waals surface area contributed by atoms with Gasteiger partial charge in [-0.3, -0.25) is 0 Å². The minimum Gasteiger partial charge on any atom is -0.457 e. The molecule has 0 unspecified atom stereocenters. The number of esters is 2. The van der Waals surface area contributed by atoms with Crippen molar-refractivity contribution in [2.45, 2.75) is 0 Å². The summed E-state index contributed by atoms with van der Waals surface area (Å²) >= 11 is 0. The summed E-state index contributed by atoms with van der Waals surface area (Å²) in [6.07, 6.45) is 5.39. The second-order valence-electron chi connectivity index (χ2n) is 3.03. The molecule has 0 aliphatic heterocycles. The number of ether oxygens (including phenoxy) is 2. The highest BCUT2D eigenvalue weighted by molar-refractivity contribution is 6.00. The van der Waals surface area contributed by atoms with Crippen LogP contribution in [0, 0.1) is 0 Å². The van der Waals surface area contributed by atoms with Crippen LogP contribution < -0.4 is 0 Å². The van der Waals surface area contributed by atoms with Gasteiger partial charge in [-0.2, -0.15) is 0 Å². The molecule has 0 amide bonds. The number of rotatable bonds is 6. The van der Waals surface area contributed by atoms with E-state index in [2.05, 4.69) is 23.1 Å². The molecule has 1 heterocycles. The van der Waals surface area contributed by atoms with Crippen LogP contribution in [0.15, 0.2) is 37.7 Å². The fourth-order valence-electron chi connectivity index (χ4n) is 1.04. The smallest absolute Gasteiger partial charge is 0.359 e. The van der Waals surface area contributed by atoms with Crippen LogP contribution in [0.1, 0.15) is 21.0 Å². The topological polar surface area (TPSA) is 78.4 Å². The third-order valence-corrected chi connectivity index (χ3v) is 1.75. The Hall–Kier alpha value is -2.50. The van der Waals surface area contributed by atoms with E-state index in [0.29, 0.717) is 0 Å². The molecule has 6 heteroatoms. The van der Waals surface area contributed by atoms with Gasteiger partial charge < -0.3 is 9.47 Å². The summed E-state index contributed by atoms with van der Waals surface area (Å²) in [4.78, 5) is 30.7. The van der Waals surface area contributed by atoms with E-state index in [0.717, 1.165) is 0 Å². The highest BCUT2D eigenvalue weighted by Crippen LogP contribution is 2.06. The third-order valence-electron chi connectivity index (χ3n) is 1.75. The maximum absolute atomic E-state index is 11.6. The predicted octanol–water partition coefficient (Wildman–Crippen LogP) is 1.16. The molecule has 0 radical (unpaired) electrons. The van der Waals surface area contributed by atoms with E-state index in [1.54, 1.807) is 0 Å². The van der Waals surface area contributed by atoms with Gasteiger partial charge in [0, 0.05) is 12.4 Å². The van der Waals surface area contributed by atoms with Crippen molar-refractivity contribution in [2.75, 3.05) is 13.2 Å². The molecule has 0 bridgehead atoms. The SMILES string of the molecule is C=CCOC(=O)c1nccnc1C(=O)OCC=C. The van der Waals surface area contributed by atoms with Crippen LogP contribution in [0.25, 0.3) is 0 Å². The van der Waals surface area contributed by atoms with Gasteiger partial charge in [-0.15, -0.1) is 0 Å². The molecule has 94 valence electrons. The highest BCUT2D eigenvalue weighted by Gasteiger charge is 2.21. The van der Waals surface area contributed by atoms with Gasteiger partial charge >= 0.3 is 11.9 Å². The maximum Gasteiger partial charge on any atom is 0.359 e. The van der Waals surface area contributed by atoms with Gasteiger partial charge in [0.2, 0.25) is 0 Å². The lowest BCUT2D eigenvalue weighted by Gasteiger charge is -2.05. The first kappa shape index (κ1) is 13.6. The van der Waals surface area contributed by atoms with E-state index < -0.39 is 11.9 Å². The van der Waals surface area contributed by atoms with Crippen molar-refractivity contribution in [2.24, 2.45) is 0 Å². The highest BCUT2D eigenvalue weighted by atomic mass is 16.5. The molecule has 0 spiro atoms. The van der Waals surface area contributed by atoms with Gasteiger partial charge in [0.1, 0.15) is 13.2 Å². The monoisotopic (exact) mass is 248 g/mol. The van der Waals surface area contributed by atoms with Gasteiger partial charge in [0.25, 0.3) is 0 Å². The number of nitrogens with zero attached hydrogens (tertiary/aromatic N) is 2. The summed E-state index contributed by atoms with van der Waals surface area (Å²) in [5, 5.41) is 0. The molecule has 0 atom stereocenters. The van der Waals surface area contributed by atoms with Gasteiger partial charge in [0.15, 0.2) is 11.4 Å². The molecule has 1 aromatic heterocycles. The molecule has 0 saturated carbocycles. The lowest BCUT2D eigenvalue weighted by Crippen LogP contribution is -2.17. The second-order valence-corrected chi connectivity index (χ2v) is 3.03. The van der Waals surface area contributed by atoms with E-state index in [9.17, 15) is 9.59 Å². The molecule has 0 aromatic carbocycles. The van der Waals surface area contributed by atoms with E-state index in [4.69, 9.17) is 9.47 Å². The fourth-order valence-corrected chi connectivity index (χ4v) is 1.04. The molecule has 0 aliphatic rings. The van der Waals surface area contributed by atoms with Crippen LogP contribution in [0.4, 0.5) is 0 Å². The Labute approximate surface area is 104 Å². The largest absolute Gasteiger partial charge is 0.457 e. The van der Waals surface area contributed by atoms with Crippen molar-refractivity contribution >= 4 is 11.9 Å². The number of hydrogen-bond donors (Lipinski definition) is 0. The zero-order chi connectivity index (χ0) is 13.4. The minimum absolute atomic E-state index is 0.0244. The van der Waals surface area contributed by atoms with Crippen LogP contribution in [0.2, 0.25) is 0 Å². The first-order chi connectivity index (χ1) is 8.70. The van der Waals surface area contributed by atoms with Gasteiger partial charge in [-0.25, -0.2) is 19.6 Å². The van der Waals surface area contributed by atoms with Crippen molar-refractivity contribution in [3.05, 3.63) is 49.1 Å². The van der Waals surface area contributed by atoms with Crippen molar-refractivity contribution in [3.63, 3.8) is 0 Å². The lowest BCUT2D eigenvalue weighted by atomic mass is 10.3. The summed E-state index contributed by atoms with van der Waals surface area (Å²) in [7, 11) is 0. The molecular formula is C12H12N2O4. The zero-order valence-corrected chi connectivity index (χ0v) is 9.67. The number of hydrogen-bond acceptors (Lipinski definition) is 6. The van der Waals surface area contributed by atoms with Crippen LogP contribution in [0.5, 0.6) is 0 Å². The summed E-state index contributed by atoms with van der Waals surface area (Å²) in [6, 6.07) is 0.